The molecular formula is C14H22BrNO2S. The first-order chi connectivity index (χ1) is 9.27. The van der Waals surface area contributed by atoms with Crippen molar-refractivity contribution in [1.82, 2.24) is 5.32 Å². The molecule has 0 radical (unpaired) electrons. The van der Waals surface area contributed by atoms with E-state index in [0.717, 1.165) is 48.0 Å². The first-order valence-electron chi connectivity index (χ1n) is 6.46. The topological polar surface area (TPSA) is 30.5 Å². The number of hydrogen-bond donors (Lipinski definition) is 1. The summed E-state index contributed by atoms with van der Waals surface area (Å²) in [6.07, 6.45) is 0. The Balaban J connectivity index is 2.42. The van der Waals surface area contributed by atoms with E-state index in [0.29, 0.717) is 0 Å². The zero-order valence-corrected chi connectivity index (χ0v) is 14.0. The van der Waals surface area contributed by atoms with Crippen molar-refractivity contribution in [2.75, 3.05) is 38.4 Å². The average molecular weight is 348 g/mol. The van der Waals surface area contributed by atoms with Crippen molar-refractivity contribution >= 4 is 27.7 Å². The molecule has 19 heavy (non-hydrogen) atoms. The van der Waals surface area contributed by atoms with Gasteiger partial charge in [0, 0.05) is 30.4 Å². The van der Waals surface area contributed by atoms with Gasteiger partial charge in [-0.15, -0.1) is 0 Å². The van der Waals surface area contributed by atoms with E-state index >= 15 is 0 Å². The fraction of sp³-hybridized carbons (Fsp3) is 0.571. The summed E-state index contributed by atoms with van der Waals surface area (Å²) in [4.78, 5) is 0. The molecule has 0 atom stereocenters. The van der Waals surface area contributed by atoms with Gasteiger partial charge in [0.25, 0.3) is 0 Å². The maximum atomic E-state index is 5.74. The Kier molecular flexibility index (Phi) is 9.34. The molecule has 1 N–H and O–H groups in total. The van der Waals surface area contributed by atoms with E-state index in [9.17, 15) is 0 Å². The third kappa shape index (κ3) is 7.20. The monoisotopic (exact) mass is 347 g/mol. The highest BCUT2D eigenvalue weighted by Gasteiger charge is 2.02. The van der Waals surface area contributed by atoms with Crippen LogP contribution in [0.1, 0.15) is 12.5 Å². The summed E-state index contributed by atoms with van der Waals surface area (Å²) >= 11 is 5.46. The Morgan fingerprint density at radius 1 is 1.32 bits per heavy atom. The van der Waals surface area contributed by atoms with Gasteiger partial charge in [-0.2, -0.15) is 11.8 Å². The number of benzene rings is 1. The van der Waals surface area contributed by atoms with Crippen LogP contribution in [0.25, 0.3) is 0 Å². The lowest BCUT2D eigenvalue weighted by Crippen LogP contribution is -2.18. The molecule has 1 rings (SSSR count). The van der Waals surface area contributed by atoms with Crippen LogP contribution in [0.3, 0.4) is 0 Å². The Morgan fingerprint density at radius 2 is 2.16 bits per heavy atom. The largest absolute Gasteiger partial charge is 0.493 e. The minimum absolute atomic E-state index is 0.724. The predicted molar refractivity (Wildman–Crippen MR) is 86.2 cm³/mol. The smallest absolute Gasteiger partial charge is 0.119 e. The third-order valence-electron chi connectivity index (χ3n) is 2.52. The average Bonchev–Trinajstić information content (AvgIpc) is 2.42. The van der Waals surface area contributed by atoms with E-state index in [-0.39, 0.29) is 0 Å². The van der Waals surface area contributed by atoms with Crippen molar-refractivity contribution < 1.29 is 9.47 Å². The van der Waals surface area contributed by atoms with Crippen molar-refractivity contribution in [2.45, 2.75) is 13.5 Å². The first-order valence-corrected chi connectivity index (χ1v) is 8.41. The SMILES string of the molecule is CCSCCOc1ccc(Br)c(CNCCOC)c1. The van der Waals surface area contributed by atoms with Gasteiger partial charge >= 0.3 is 0 Å². The second-order valence-electron chi connectivity index (χ2n) is 3.97. The molecule has 1 aromatic rings. The molecule has 1 aromatic carbocycles. The van der Waals surface area contributed by atoms with Crippen LogP contribution < -0.4 is 10.1 Å². The minimum atomic E-state index is 0.724. The summed E-state index contributed by atoms with van der Waals surface area (Å²) in [5.74, 6) is 3.11. The van der Waals surface area contributed by atoms with Crippen molar-refractivity contribution in [3.8, 4) is 5.75 Å². The van der Waals surface area contributed by atoms with Gasteiger partial charge in [0.05, 0.1) is 13.2 Å². The lowest BCUT2D eigenvalue weighted by molar-refractivity contribution is 0.199. The molecule has 0 unspecified atom stereocenters. The lowest BCUT2D eigenvalue weighted by atomic mass is 10.2. The number of ether oxygens (including phenoxy) is 2. The van der Waals surface area contributed by atoms with Gasteiger partial charge in [-0.1, -0.05) is 22.9 Å². The normalized spacial score (nSPS) is 10.7. The van der Waals surface area contributed by atoms with Crippen molar-refractivity contribution in [3.05, 3.63) is 28.2 Å². The zero-order valence-electron chi connectivity index (χ0n) is 11.6. The number of nitrogens with one attached hydrogen (secondary N) is 1. The van der Waals surface area contributed by atoms with E-state index in [1.807, 2.05) is 23.9 Å². The molecule has 0 aromatic heterocycles. The van der Waals surface area contributed by atoms with Gasteiger partial charge in [-0.25, -0.2) is 0 Å². The summed E-state index contributed by atoms with van der Waals surface area (Å²) in [7, 11) is 1.71. The van der Waals surface area contributed by atoms with Crippen molar-refractivity contribution in [2.24, 2.45) is 0 Å². The summed E-state index contributed by atoms with van der Waals surface area (Å²) < 4.78 is 11.9. The maximum absolute atomic E-state index is 5.74. The van der Waals surface area contributed by atoms with Crippen LogP contribution in [-0.4, -0.2) is 38.4 Å². The van der Waals surface area contributed by atoms with Crippen LogP contribution in [0.15, 0.2) is 22.7 Å². The zero-order chi connectivity index (χ0) is 13.9. The molecule has 3 nitrogen and oxygen atoms in total. The van der Waals surface area contributed by atoms with E-state index in [2.05, 4.69) is 34.2 Å². The molecule has 0 saturated heterocycles. The predicted octanol–water partition coefficient (Wildman–Crippen LogP) is 3.32. The first kappa shape index (κ1) is 16.8. The van der Waals surface area contributed by atoms with Crippen LogP contribution in [0.2, 0.25) is 0 Å². The molecule has 5 heteroatoms. The highest BCUT2D eigenvalue weighted by atomic mass is 79.9. The van der Waals surface area contributed by atoms with Crippen molar-refractivity contribution in [3.63, 3.8) is 0 Å². The molecule has 0 bridgehead atoms. The maximum Gasteiger partial charge on any atom is 0.119 e. The molecule has 0 heterocycles. The summed E-state index contributed by atoms with van der Waals surface area (Å²) in [5, 5.41) is 3.33. The number of thioether (sulfide) groups is 1. The Labute approximate surface area is 128 Å². The van der Waals surface area contributed by atoms with E-state index in [1.165, 1.54) is 5.56 Å². The van der Waals surface area contributed by atoms with Crippen LogP contribution in [0.5, 0.6) is 5.75 Å². The van der Waals surface area contributed by atoms with Gasteiger partial charge in [0.1, 0.15) is 5.75 Å². The van der Waals surface area contributed by atoms with Crippen molar-refractivity contribution in [1.29, 1.82) is 0 Å². The standard InChI is InChI=1S/C14H22BrNO2S/c1-3-19-9-8-18-13-4-5-14(15)12(10-13)11-16-6-7-17-2/h4-5,10,16H,3,6-9,11H2,1-2H3. The number of rotatable bonds is 10. The molecule has 0 spiro atoms. The highest BCUT2D eigenvalue weighted by Crippen LogP contribution is 2.22. The number of halogens is 1. The molecule has 0 saturated carbocycles. The minimum Gasteiger partial charge on any atom is -0.493 e. The summed E-state index contributed by atoms with van der Waals surface area (Å²) in [6.45, 7) is 5.30. The molecule has 108 valence electrons. The van der Waals surface area contributed by atoms with Gasteiger partial charge < -0.3 is 14.8 Å². The Bertz CT molecular complexity index is 363. The fourth-order valence-corrected chi connectivity index (χ4v) is 2.41. The molecule has 0 amide bonds. The Hall–Kier alpha value is -0.230. The second kappa shape index (κ2) is 10.5. The second-order valence-corrected chi connectivity index (χ2v) is 6.22. The number of hydrogen-bond acceptors (Lipinski definition) is 4. The third-order valence-corrected chi connectivity index (χ3v) is 4.15. The molecular weight excluding hydrogens is 326 g/mol. The van der Waals surface area contributed by atoms with Crippen LogP contribution in [0, 0.1) is 0 Å². The van der Waals surface area contributed by atoms with E-state index in [1.54, 1.807) is 7.11 Å². The molecule has 0 aliphatic heterocycles. The van der Waals surface area contributed by atoms with Crippen LogP contribution in [0.4, 0.5) is 0 Å². The fourth-order valence-electron chi connectivity index (χ4n) is 1.54. The van der Waals surface area contributed by atoms with Crippen LogP contribution >= 0.6 is 27.7 Å². The highest BCUT2D eigenvalue weighted by molar-refractivity contribution is 9.10. The van der Waals surface area contributed by atoms with Gasteiger partial charge in [0.15, 0.2) is 0 Å². The summed E-state index contributed by atoms with van der Waals surface area (Å²) in [6, 6.07) is 6.12. The van der Waals surface area contributed by atoms with Gasteiger partial charge in [-0.3, -0.25) is 0 Å². The van der Waals surface area contributed by atoms with E-state index in [4.69, 9.17) is 9.47 Å². The lowest BCUT2D eigenvalue weighted by Gasteiger charge is -2.10. The quantitative estimate of drug-likeness (QED) is 0.657. The summed E-state index contributed by atoms with van der Waals surface area (Å²) in [5.41, 5.74) is 1.21. The molecule has 0 aliphatic rings. The van der Waals surface area contributed by atoms with Gasteiger partial charge in [0.2, 0.25) is 0 Å². The van der Waals surface area contributed by atoms with E-state index < -0.39 is 0 Å². The Morgan fingerprint density at radius 3 is 2.89 bits per heavy atom. The van der Waals surface area contributed by atoms with Gasteiger partial charge in [-0.05, 0) is 29.5 Å². The number of methoxy groups -OCH3 is 1. The molecule has 0 fully saturated rings. The van der Waals surface area contributed by atoms with Crippen LogP contribution in [-0.2, 0) is 11.3 Å². The molecule has 0 aliphatic carbocycles.